The van der Waals surface area contributed by atoms with Crippen LogP contribution in [0.1, 0.15) is 62.2 Å². The molecule has 2 fully saturated rings. The minimum Gasteiger partial charge on any atom is -0.349 e. The predicted octanol–water partition coefficient (Wildman–Crippen LogP) is 3.42. The monoisotopic (exact) mass is 357 g/mol. The van der Waals surface area contributed by atoms with E-state index in [1.54, 1.807) is 12.1 Å². The van der Waals surface area contributed by atoms with Gasteiger partial charge in [0, 0.05) is 17.3 Å². The van der Waals surface area contributed by atoms with Gasteiger partial charge in [0.2, 0.25) is 5.91 Å². The molecule has 1 saturated heterocycles. The van der Waals surface area contributed by atoms with E-state index in [1.165, 1.54) is 19.3 Å². The van der Waals surface area contributed by atoms with Gasteiger partial charge in [-0.1, -0.05) is 32.3 Å². The zero-order chi connectivity index (χ0) is 18.4. The molecule has 1 aromatic carbocycles. The van der Waals surface area contributed by atoms with Crippen LogP contribution >= 0.6 is 0 Å². The Morgan fingerprint density at radius 1 is 1.08 bits per heavy atom. The molecule has 142 valence electrons. The predicted molar refractivity (Wildman–Crippen MR) is 104 cm³/mol. The highest BCUT2D eigenvalue weighted by molar-refractivity contribution is 5.97. The van der Waals surface area contributed by atoms with Crippen LogP contribution in [0, 0.1) is 5.92 Å². The third-order valence-corrected chi connectivity index (χ3v) is 5.59. The van der Waals surface area contributed by atoms with Crippen molar-refractivity contribution in [2.45, 2.75) is 57.9 Å². The molecule has 0 spiro atoms. The molecule has 2 N–H and O–H groups in total. The molecule has 2 aliphatic rings. The number of hydrogen-bond acceptors (Lipinski definition) is 3. The summed E-state index contributed by atoms with van der Waals surface area (Å²) in [6.45, 7) is 4.66. The molecule has 5 nitrogen and oxygen atoms in total. The van der Waals surface area contributed by atoms with E-state index < -0.39 is 0 Å². The lowest BCUT2D eigenvalue weighted by Crippen LogP contribution is -2.38. The van der Waals surface area contributed by atoms with Crippen LogP contribution in [-0.2, 0) is 4.79 Å². The molecule has 1 aliphatic heterocycles. The van der Waals surface area contributed by atoms with E-state index in [0.29, 0.717) is 17.8 Å². The van der Waals surface area contributed by atoms with Gasteiger partial charge in [0.15, 0.2) is 0 Å². The number of benzene rings is 1. The van der Waals surface area contributed by atoms with E-state index in [0.717, 1.165) is 44.7 Å². The van der Waals surface area contributed by atoms with Crippen LogP contribution in [0.2, 0.25) is 0 Å². The average molecular weight is 357 g/mol. The van der Waals surface area contributed by atoms with E-state index in [2.05, 4.69) is 22.5 Å². The van der Waals surface area contributed by atoms with Crippen LogP contribution in [0.15, 0.2) is 24.3 Å². The molecule has 3 rings (SSSR count). The lowest BCUT2D eigenvalue weighted by molar-refractivity contribution is -0.117. The first-order valence-corrected chi connectivity index (χ1v) is 10.0. The van der Waals surface area contributed by atoms with Crippen molar-refractivity contribution in [2.75, 3.05) is 25.0 Å². The standard InChI is InChI=1S/C21H31N3O2/c1-16-10-12-24(13-11-16)15-20(25)22-19-9-5-6-17(14-19)21(26)23-18-7-3-2-4-8-18/h5-6,9,14,16,18H,2-4,7-8,10-13,15H2,1H3,(H,22,25)(H,23,26). The lowest BCUT2D eigenvalue weighted by atomic mass is 9.95. The number of nitrogens with one attached hydrogen (secondary N) is 2. The molecule has 5 heteroatoms. The van der Waals surface area contributed by atoms with Gasteiger partial charge >= 0.3 is 0 Å². The SMILES string of the molecule is CC1CCN(CC(=O)Nc2cccc(C(=O)NC3CCCCC3)c2)CC1. The third kappa shape index (κ3) is 5.56. The molecular weight excluding hydrogens is 326 g/mol. The molecule has 26 heavy (non-hydrogen) atoms. The van der Waals surface area contributed by atoms with Crippen molar-refractivity contribution >= 4 is 17.5 Å². The maximum absolute atomic E-state index is 12.5. The second-order valence-corrected chi connectivity index (χ2v) is 7.90. The second-order valence-electron chi connectivity index (χ2n) is 7.90. The zero-order valence-corrected chi connectivity index (χ0v) is 15.8. The second kappa shape index (κ2) is 9.17. The molecule has 0 aromatic heterocycles. The maximum Gasteiger partial charge on any atom is 0.251 e. The van der Waals surface area contributed by atoms with Gasteiger partial charge in [-0.15, -0.1) is 0 Å². The number of carbonyl (C=O) groups is 2. The Labute approximate surface area is 156 Å². The minimum atomic E-state index is -0.0435. The Kier molecular flexibility index (Phi) is 6.67. The molecule has 1 heterocycles. The summed E-state index contributed by atoms with van der Waals surface area (Å²) in [6, 6.07) is 7.53. The Hall–Kier alpha value is -1.88. The molecule has 1 aliphatic carbocycles. The smallest absolute Gasteiger partial charge is 0.251 e. The highest BCUT2D eigenvalue weighted by Crippen LogP contribution is 2.19. The van der Waals surface area contributed by atoms with Crippen LogP contribution in [0.4, 0.5) is 5.69 Å². The highest BCUT2D eigenvalue weighted by Gasteiger charge is 2.19. The van der Waals surface area contributed by atoms with E-state index in [-0.39, 0.29) is 17.9 Å². The van der Waals surface area contributed by atoms with E-state index in [1.807, 2.05) is 12.1 Å². The van der Waals surface area contributed by atoms with E-state index in [9.17, 15) is 9.59 Å². The van der Waals surface area contributed by atoms with Gasteiger partial charge in [0.1, 0.15) is 0 Å². The molecule has 1 saturated carbocycles. The molecular formula is C21H31N3O2. The van der Waals surface area contributed by atoms with Gasteiger partial charge < -0.3 is 10.6 Å². The fraction of sp³-hybridized carbons (Fsp3) is 0.619. The Morgan fingerprint density at radius 3 is 2.54 bits per heavy atom. The third-order valence-electron chi connectivity index (χ3n) is 5.59. The normalized spacial score (nSPS) is 19.9. The van der Waals surface area contributed by atoms with Crippen molar-refractivity contribution in [3.8, 4) is 0 Å². The van der Waals surface area contributed by atoms with Crippen LogP contribution < -0.4 is 10.6 Å². The first-order chi connectivity index (χ1) is 12.6. The van der Waals surface area contributed by atoms with E-state index >= 15 is 0 Å². The molecule has 0 unspecified atom stereocenters. The van der Waals surface area contributed by atoms with Crippen molar-refractivity contribution in [2.24, 2.45) is 5.92 Å². The van der Waals surface area contributed by atoms with Gasteiger partial charge in [-0.2, -0.15) is 0 Å². The molecule has 0 bridgehead atoms. The van der Waals surface area contributed by atoms with Gasteiger partial charge in [0.05, 0.1) is 6.54 Å². The number of rotatable bonds is 5. The van der Waals surface area contributed by atoms with Crippen molar-refractivity contribution in [3.05, 3.63) is 29.8 Å². The summed E-state index contributed by atoms with van der Waals surface area (Å²) in [4.78, 5) is 27.0. The molecule has 1 aromatic rings. The van der Waals surface area contributed by atoms with Gasteiger partial charge in [-0.25, -0.2) is 0 Å². The summed E-state index contributed by atoms with van der Waals surface area (Å²) in [5.41, 5.74) is 1.30. The average Bonchev–Trinajstić information content (AvgIpc) is 2.64. The number of anilines is 1. The number of amides is 2. The fourth-order valence-corrected chi connectivity index (χ4v) is 3.88. The Balaban J connectivity index is 1.51. The highest BCUT2D eigenvalue weighted by atomic mass is 16.2. The van der Waals surface area contributed by atoms with Gasteiger partial charge in [0.25, 0.3) is 5.91 Å². The quantitative estimate of drug-likeness (QED) is 0.849. The Morgan fingerprint density at radius 2 is 1.81 bits per heavy atom. The summed E-state index contributed by atoms with van der Waals surface area (Å²) in [5.74, 6) is 0.705. The zero-order valence-electron chi connectivity index (χ0n) is 15.8. The van der Waals surface area contributed by atoms with Crippen molar-refractivity contribution in [3.63, 3.8) is 0 Å². The number of nitrogens with zero attached hydrogens (tertiary/aromatic N) is 1. The number of piperidine rings is 1. The summed E-state index contributed by atoms with van der Waals surface area (Å²) in [5, 5.41) is 6.06. The summed E-state index contributed by atoms with van der Waals surface area (Å²) in [6.07, 6.45) is 8.10. The first kappa shape index (κ1) is 18.9. The van der Waals surface area contributed by atoms with Crippen molar-refractivity contribution < 1.29 is 9.59 Å². The number of carbonyl (C=O) groups excluding carboxylic acids is 2. The summed E-state index contributed by atoms with van der Waals surface area (Å²) < 4.78 is 0. The first-order valence-electron chi connectivity index (χ1n) is 10.0. The van der Waals surface area contributed by atoms with Gasteiger partial charge in [-0.3, -0.25) is 14.5 Å². The molecule has 0 atom stereocenters. The maximum atomic E-state index is 12.5. The summed E-state index contributed by atoms with van der Waals surface area (Å²) >= 11 is 0. The Bertz CT molecular complexity index is 617. The van der Waals surface area contributed by atoms with E-state index in [4.69, 9.17) is 0 Å². The summed E-state index contributed by atoms with van der Waals surface area (Å²) in [7, 11) is 0. The molecule has 0 radical (unpaired) electrons. The van der Waals surface area contributed by atoms with Crippen LogP contribution in [-0.4, -0.2) is 42.4 Å². The number of likely N-dealkylation sites (tertiary alicyclic amines) is 1. The fourth-order valence-electron chi connectivity index (χ4n) is 3.88. The van der Waals surface area contributed by atoms with Crippen molar-refractivity contribution in [1.82, 2.24) is 10.2 Å². The number of hydrogen-bond donors (Lipinski definition) is 2. The van der Waals surface area contributed by atoms with Gasteiger partial charge in [-0.05, 0) is 62.9 Å². The largest absolute Gasteiger partial charge is 0.349 e. The molecule has 2 amide bonds. The van der Waals surface area contributed by atoms with Crippen molar-refractivity contribution in [1.29, 1.82) is 0 Å². The van der Waals surface area contributed by atoms with Crippen LogP contribution in [0.3, 0.4) is 0 Å². The topological polar surface area (TPSA) is 61.4 Å². The lowest BCUT2D eigenvalue weighted by Gasteiger charge is -2.29. The van der Waals surface area contributed by atoms with Crippen LogP contribution in [0.25, 0.3) is 0 Å². The van der Waals surface area contributed by atoms with Crippen LogP contribution in [0.5, 0.6) is 0 Å². The minimum absolute atomic E-state index is 0.00982.